The van der Waals surface area contributed by atoms with Gasteiger partial charge in [0.2, 0.25) is 0 Å². The molecule has 6 heteroatoms. The first kappa shape index (κ1) is 26.0. The summed E-state index contributed by atoms with van der Waals surface area (Å²) in [5.74, 6) is 1.03. The highest BCUT2D eigenvalue weighted by atomic mass is 16.5. The number of carbonyl (C=O) groups excluding carboxylic acids is 1. The van der Waals surface area contributed by atoms with E-state index in [4.69, 9.17) is 9.47 Å². The highest BCUT2D eigenvalue weighted by Crippen LogP contribution is 2.30. The zero-order chi connectivity index (χ0) is 23.3. The molecule has 1 aliphatic heterocycles. The van der Waals surface area contributed by atoms with Gasteiger partial charge < -0.3 is 25.0 Å². The minimum absolute atomic E-state index is 0.0236. The van der Waals surface area contributed by atoms with Gasteiger partial charge in [-0.1, -0.05) is 68.9 Å². The van der Waals surface area contributed by atoms with E-state index in [1.165, 1.54) is 37.7 Å². The van der Waals surface area contributed by atoms with Gasteiger partial charge >= 0.3 is 6.03 Å². The Morgan fingerprint density at radius 2 is 1.97 bits per heavy atom. The van der Waals surface area contributed by atoms with Gasteiger partial charge in [0.1, 0.15) is 0 Å². The van der Waals surface area contributed by atoms with Crippen molar-refractivity contribution in [3.05, 3.63) is 35.9 Å². The molecule has 6 nitrogen and oxygen atoms in total. The van der Waals surface area contributed by atoms with E-state index >= 15 is 0 Å². The van der Waals surface area contributed by atoms with Gasteiger partial charge in [-0.2, -0.15) is 0 Å². The molecule has 2 amide bonds. The zero-order valence-corrected chi connectivity index (χ0v) is 20.8. The number of carbonyl (C=O) groups is 1. The molecular formula is C27H45N3O3. The van der Waals surface area contributed by atoms with Gasteiger partial charge in [0.25, 0.3) is 0 Å². The maximum Gasteiger partial charge on any atom is 0.317 e. The molecule has 1 aliphatic carbocycles. The Labute approximate surface area is 200 Å². The molecular weight excluding hydrogens is 414 g/mol. The van der Waals surface area contributed by atoms with Crippen LogP contribution in [0, 0.1) is 5.92 Å². The number of unbranched alkanes of at least 4 members (excludes halogenated alkanes) is 1. The van der Waals surface area contributed by atoms with E-state index in [9.17, 15) is 4.79 Å². The van der Waals surface area contributed by atoms with Crippen molar-refractivity contribution < 1.29 is 14.3 Å². The average molecular weight is 460 g/mol. The Kier molecular flexibility index (Phi) is 11.5. The van der Waals surface area contributed by atoms with Gasteiger partial charge in [0.05, 0.1) is 12.7 Å². The number of nitrogens with zero attached hydrogens (tertiary/aromatic N) is 1. The fraction of sp³-hybridized carbons (Fsp3) is 0.741. The lowest BCUT2D eigenvalue weighted by Gasteiger charge is -2.38. The number of ether oxygens (including phenoxy) is 2. The number of hydrogen-bond acceptors (Lipinski definition) is 4. The third-order valence-electron chi connectivity index (χ3n) is 7.29. The van der Waals surface area contributed by atoms with E-state index in [0.29, 0.717) is 19.7 Å². The molecule has 3 rings (SSSR count). The molecule has 33 heavy (non-hydrogen) atoms. The van der Waals surface area contributed by atoms with Crippen molar-refractivity contribution in [1.29, 1.82) is 0 Å². The lowest BCUT2D eigenvalue weighted by atomic mass is 9.85. The van der Waals surface area contributed by atoms with Gasteiger partial charge in [-0.15, -0.1) is 0 Å². The van der Waals surface area contributed by atoms with Crippen LogP contribution in [0.2, 0.25) is 0 Å². The van der Waals surface area contributed by atoms with Crippen LogP contribution >= 0.6 is 0 Å². The Hall–Kier alpha value is -1.63. The molecule has 2 aliphatic rings. The predicted octanol–water partition coefficient (Wildman–Crippen LogP) is 4.56. The standard InChI is InChI=1S/C27H45N3O3/c1-28-20-24(19-22-11-5-3-6-12-22)29-27(31)30-16-18-33-26(21-30)25(15-9-10-17-32-2)23-13-7-4-8-14-23/h4,7-8,13-14,22,24-26,28H,3,5-6,9-12,15-21H2,1-2H3,(H,29,31). The monoisotopic (exact) mass is 459 g/mol. The number of rotatable bonds is 12. The average Bonchev–Trinajstić information content (AvgIpc) is 2.85. The van der Waals surface area contributed by atoms with Crippen LogP contribution in [0.3, 0.4) is 0 Å². The van der Waals surface area contributed by atoms with Crippen LogP contribution in [0.5, 0.6) is 0 Å². The number of urea groups is 1. The summed E-state index contributed by atoms with van der Waals surface area (Å²) in [5.41, 5.74) is 1.30. The van der Waals surface area contributed by atoms with Crippen LogP contribution in [-0.4, -0.2) is 70.1 Å². The summed E-state index contributed by atoms with van der Waals surface area (Å²) in [6.45, 7) is 3.50. The molecule has 1 saturated carbocycles. The van der Waals surface area contributed by atoms with E-state index in [0.717, 1.165) is 44.8 Å². The minimum Gasteiger partial charge on any atom is -0.385 e. The largest absolute Gasteiger partial charge is 0.385 e. The van der Waals surface area contributed by atoms with E-state index < -0.39 is 0 Å². The fourth-order valence-corrected chi connectivity index (χ4v) is 5.51. The van der Waals surface area contributed by atoms with Crippen LogP contribution in [-0.2, 0) is 9.47 Å². The van der Waals surface area contributed by atoms with E-state index in [1.807, 2.05) is 11.9 Å². The van der Waals surface area contributed by atoms with Crippen molar-refractivity contribution in [3.8, 4) is 0 Å². The van der Waals surface area contributed by atoms with Crippen molar-refractivity contribution in [3.63, 3.8) is 0 Å². The third kappa shape index (κ3) is 8.58. The molecule has 2 N–H and O–H groups in total. The molecule has 0 bridgehead atoms. The summed E-state index contributed by atoms with van der Waals surface area (Å²) >= 11 is 0. The van der Waals surface area contributed by atoms with Crippen LogP contribution in [0.25, 0.3) is 0 Å². The van der Waals surface area contributed by atoms with Gasteiger partial charge in [-0.05, 0) is 37.8 Å². The van der Waals surface area contributed by atoms with Crippen LogP contribution in [0.4, 0.5) is 4.79 Å². The van der Waals surface area contributed by atoms with Gasteiger partial charge in [0.15, 0.2) is 0 Å². The SMILES string of the molecule is CNCC(CC1CCCCC1)NC(=O)N1CCOC(C(CCCCOC)c2ccccc2)C1. The number of morpholine rings is 1. The maximum atomic E-state index is 13.2. The molecule has 1 saturated heterocycles. The molecule has 0 spiro atoms. The van der Waals surface area contributed by atoms with E-state index in [1.54, 1.807) is 7.11 Å². The zero-order valence-electron chi connectivity index (χ0n) is 20.8. The second kappa shape index (κ2) is 14.6. The van der Waals surface area contributed by atoms with E-state index in [2.05, 4.69) is 41.0 Å². The number of benzene rings is 1. The summed E-state index contributed by atoms with van der Waals surface area (Å²) in [5, 5.41) is 6.63. The smallest absolute Gasteiger partial charge is 0.317 e. The summed E-state index contributed by atoms with van der Waals surface area (Å²) in [6.07, 6.45) is 10.9. The normalized spacial score (nSPS) is 21.5. The molecule has 0 radical (unpaired) electrons. The molecule has 3 atom stereocenters. The third-order valence-corrected chi connectivity index (χ3v) is 7.29. The minimum atomic E-state index is 0.0236. The number of likely N-dealkylation sites (N-methyl/N-ethyl adjacent to an activating group) is 1. The van der Waals surface area contributed by atoms with Crippen molar-refractivity contribution in [2.24, 2.45) is 5.92 Å². The highest BCUT2D eigenvalue weighted by molar-refractivity contribution is 5.74. The number of hydrogen-bond donors (Lipinski definition) is 2. The predicted molar refractivity (Wildman–Crippen MR) is 134 cm³/mol. The Morgan fingerprint density at radius 3 is 2.70 bits per heavy atom. The molecule has 1 aromatic carbocycles. The molecule has 2 fully saturated rings. The van der Waals surface area contributed by atoms with Crippen LogP contribution in [0.15, 0.2) is 30.3 Å². The topological polar surface area (TPSA) is 62.8 Å². The van der Waals surface area contributed by atoms with Crippen molar-refractivity contribution in [2.75, 3.05) is 47.0 Å². The molecule has 1 heterocycles. The van der Waals surface area contributed by atoms with Crippen molar-refractivity contribution in [2.45, 2.75) is 75.9 Å². The van der Waals surface area contributed by atoms with Gasteiger partial charge in [0, 0.05) is 45.3 Å². The summed E-state index contributed by atoms with van der Waals surface area (Å²) in [7, 11) is 3.73. The second-order valence-corrected chi connectivity index (χ2v) is 9.80. The first-order valence-electron chi connectivity index (χ1n) is 13.1. The Balaban J connectivity index is 1.59. The van der Waals surface area contributed by atoms with Crippen LogP contribution in [0.1, 0.15) is 69.3 Å². The van der Waals surface area contributed by atoms with Gasteiger partial charge in [-0.3, -0.25) is 0 Å². The lowest BCUT2D eigenvalue weighted by molar-refractivity contribution is -0.0304. The first-order valence-corrected chi connectivity index (χ1v) is 13.1. The Morgan fingerprint density at radius 1 is 1.18 bits per heavy atom. The fourth-order valence-electron chi connectivity index (χ4n) is 5.51. The van der Waals surface area contributed by atoms with Crippen molar-refractivity contribution >= 4 is 6.03 Å². The highest BCUT2D eigenvalue weighted by Gasteiger charge is 2.32. The summed E-state index contributed by atoms with van der Waals surface area (Å²) < 4.78 is 11.5. The summed E-state index contributed by atoms with van der Waals surface area (Å²) in [4.78, 5) is 15.2. The maximum absolute atomic E-state index is 13.2. The molecule has 3 unspecified atom stereocenters. The lowest BCUT2D eigenvalue weighted by Crippen LogP contribution is -2.54. The second-order valence-electron chi connectivity index (χ2n) is 9.80. The van der Waals surface area contributed by atoms with Crippen molar-refractivity contribution in [1.82, 2.24) is 15.5 Å². The first-order chi connectivity index (χ1) is 16.2. The van der Waals surface area contributed by atoms with Crippen LogP contribution < -0.4 is 10.6 Å². The summed E-state index contributed by atoms with van der Waals surface area (Å²) in [6, 6.07) is 10.9. The van der Waals surface area contributed by atoms with Gasteiger partial charge in [-0.25, -0.2) is 4.79 Å². The number of amides is 2. The number of nitrogens with one attached hydrogen (secondary N) is 2. The van der Waals surface area contributed by atoms with E-state index in [-0.39, 0.29) is 24.1 Å². The molecule has 1 aromatic rings. The number of methoxy groups -OCH3 is 1. The molecule has 186 valence electrons. The molecule has 0 aromatic heterocycles. The quantitative estimate of drug-likeness (QED) is 0.450. The Bertz CT molecular complexity index is 666.